The number of aryl methyl sites for hydroxylation is 3. The minimum Gasteiger partial charge on any atom is -0.504 e. The molecule has 0 amide bonds. The number of aromatic amines is 1. The van der Waals surface area contributed by atoms with Gasteiger partial charge in [0.25, 0.3) is 0 Å². The van der Waals surface area contributed by atoms with Crippen LogP contribution in [0.3, 0.4) is 0 Å². The first-order valence-corrected chi connectivity index (χ1v) is 16.8. The van der Waals surface area contributed by atoms with Crippen LogP contribution >= 0.6 is 0 Å². The van der Waals surface area contributed by atoms with Gasteiger partial charge < -0.3 is 39.9 Å². The predicted molar refractivity (Wildman–Crippen MR) is 173 cm³/mol. The maximum Gasteiger partial charge on any atom is 0.161 e. The van der Waals surface area contributed by atoms with E-state index in [4.69, 9.17) is 9.15 Å². The number of phenols is 1. The van der Waals surface area contributed by atoms with Crippen LogP contribution in [0.5, 0.6) is 11.5 Å². The first-order chi connectivity index (χ1) is 21.4. The Kier molecular flexibility index (Phi) is 13.7. The maximum atomic E-state index is 10.5. The molecule has 1 aliphatic carbocycles. The third-order valence-electron chi connectivity index (χ3n) is 9.03. The number of hydrogen-bond acceptors (Lipinski definition) is 7. The molecular formula is C36H54N2O6. The van der Waals surface area contributed by atoms with Crippen molar-refractivity contribution in [3.05, 3.63) is 70.4 Å². The van der Waals surface area contributed by atoms with E-state index in [1.54, 1.807) is 13.0 Å². The summed E-state index contributed by atoms with van der Waals surface area (Å²) in [5, 5.41) is 43.3. The van der Waals surface area contributed by atoms with Crippen molar-refractivity contribution in [2.45, 2.75) is 116 Å². The number of ether oxygens (including phenoxy) is 1. The second-order valence-electron chi connectivity index (χ2n) is 12.6. The summed E-state index contributed by atoms with van der Waals surface area (Å²) >= 11 is 0. The highest BCUT2D eigenvalue weighted by Gasteiger charge is 2.33. The summed E-state index contributed by atoms with van der Waals surface area (Å²) in [6.45, 7) is 5.08. The van der Waals surface area contributed by atoms with Gasteiger partial charge in [0.15, 0.2) is 11.5 Å². The fraction of sp³-hybridized carbons (Fsp3) is 0.611. The number of phenolic OH excluding ortho intramolecular Hbond substituents is 1. The summed E-state index contributed by atoms with van der Waals surface area (Å²) in [4.78, 5) is 3.46. The standard InChI is InChI=1S/C36H54N2O6/c1-3-4-11-34-29(24-40)21-31(44-34)14-12-26-13-15-33(42)35(19-26)43-18-16-30-20-28(23-37-30)36(27-8-5-6-9-27)32(10-7-17-39)38-22-25(2)41/h13,15,19-21,23,25,27,32,36-42H,3-12,14,16-18,22,24H2,1-2H3. The molecular weight excluding hydrogens is 556 g/mol. The molecule has 2 heterocycles. The van der Waals surface area contributed by atoms with Crippen LogP contribution in [0.1, 0.15) is 105 Å². The van der Waals surface area contributed by atoms with Crippen molar-refractivity contribution in [2.75, 3.05) is 19.8 Å². The zero-order chi connectivity index (χ0) is 31.3. The fourth-order valence-electron chi connectivity index (χ4n) is 6.69. The molecule has 1 fully saturated rings. The molecule has 0 spiro atoms. The number of hydrogen-bond donors (Lipinski definition) is 6. The van der Waals surface area contributed by atoms with E-state index in [2.05, 4.69) is 29.5 Å². The number of aliphatic hydroxyl groups is 3. The summed E-state index contributed by atoms with van der Waals surface area (Å²) in [7, 11) is 0. The Morgan fingerprint density at radius 3 is 2.59 bits per heavy atom. The van der Waals surface area contributed by atoms with Crippen LogP contribution < -0.4 is 10.1 Å². The molecule has 0 saturated heterocycles. The summed E-state index contributed by atoms with van der Waals surface area (Å²) in [6, 6.07) is 9.90. The van der Waals surface area contributed by atoms with Gasteiger partial charge in [-0.05, 0) is 86.8 Å². The van der Waals surface area contributed by atoms with Gasteiger partial charge in [0, 0.05) is 61.8 Å². The van der Waals surface area contributed by atoms with Gasteiger partial charge in [-0.2, -0.15) is 0 Å². The van der Waals surface area contributed by atoms with Crippen LogP contribution in [0, 0.1) is 5.92 Å². The van der Waals surface area contributed by atoms with Gasteiger partial charge in [-0.25, -0.2) is 0 Å². The van der Waals surface area contributed by atoms with Crippen LogP contribution in [0.4, 0.5) is 0 Å². The third-order valence-corrected chi connectivity index (χ3v) is 9.03. The lowest BCUT2D eigenvalue weighted by Gasteiger charge is -2.33. The SMILES string of the molecule is CCCCc1oc(CCc2ccc(O)c(OCCc3cc(C(C4CCCC4)C(CCCO)NCC(C)O)c[nH]3)c2)cc1CO. The molecule has 6 N–H and O–H groups in total. The lowest BCUT2D eigenvalue weighted by molar-refractivity contribution is 0.174. The first kappa shape index (κ1) is 34.1. The number of aromatic nitrogens is 1. The molecule has 0 radical (unpaired) electrons. The zero-order valence-corrected chi connectivity index (χ0v) is 26.7. The molecule has 4 rings (SSSR count). The molecule has 3 atom stereocenters. The van der Waals surface area contributed by atoms with E-state index >= 15 is 0 Å². The quantitative estimate of drug-likeness (QED) is 0.0934. The zero-order valence-electron chi connectivity index (χ0n) is 26.7. The third kappa shape index (κ3) is 9.86. The molecule has 8 nitrogen and oxygen atoms in total. The van der Waals surface area contributed by atoms with Gasteiger partial charge >= 0.3 is 0 Å². The van der Waals surface area contributed by atoms with E-state index in [-0.39, 0.29) is 25.0 Å². The molecule has 2 aromatic heterocycles. The molecule has 3 unspecified atom stereocenters. The molecule has 44 heavy (non-hydrogen) atoms. The topological polar surface area (TPSA) is 131 Å². The van der Waals surface area contributed by atoms with Crippen molar-refractivity contribution in [3.63, 3.8) is 0 Å². The monoisotopic (exact) mass is 610 g/mol. The van der Waals surface area contributed by atoms with E-state index in [1.165, 1.54) is 31.2 Å². The van der Waals surface area contributed by atoms with Crippen molar-refractivity contribution >= 4 is 0 Å². The minimum atomic E-state index is -0.419. The minimum absolute atomic E-state index is 0.00648. The Morgan fingerprint density at radius 2 is 1.86 bits per heavy atom. The van der Waals surface area contributed by atoms with Gasteiger partial charge in [0.05, 0.1) is 19.3 Å². The second kappa shape index (κ2) is 17.6. The summed E-state index contributed by atoms with van der Waals surface area (Å²) in [5.41, 5.74) is 4.29. The highest BCUT2D eigenvalue weighted by Crippen LogP contribution is 2.41. The largest absolute Gasteiger partial charge is 0.504 e. The van der Waals surface area contributed by atoms with Gasteiger partial charge in [-0.1, -0.05) is 32.3 Å². The molecule has 0 bridgehead atoms. The Hall–Kier alpha value is -2.78. The molecule has 0 aliphatic heterocycles. The Bertz CT molecular complexity index is 1250. The van der Waals surface area contributed by atoms with E-state index in [9.17, 15) is 20.4 Å². The number of aromatic hydroxyl groups is 1. The van der Waals surface area contributed by atoms with Crippen LogP contribution in [0.2, 0.25) is 0 Å². The van der Waals surface area contributed by atoms with Crippen molar-refractivity contribution < 1.29 is 29.6 Å². The van der Waals surface area contributed by atoms with Crippen LogP contribution in [0.15, 0.2) is 40.9 Å². The fourth-order valence-corrected chi connectivity index (χ4v) is 6.69. The molecule has 8 heteroatoms. The second-order valence-corrected chi connectivity index (χ2v) is 12.6. The number of aliphatic hydroxyl groups excluding tert-OH is 3. The van der Waals surface area contributed by atoms with Crippen LogP contribution in [0.25, 0.3) is 0 Å². The lowest BCUT2D eigenvalue weighted by atomic mass is 9.78. The molecule has 1 aromatic carbocycles. The average molecular weight is 611 g/mol. The van der Waals surface area contributed by atoms with Gasteiger partial charge in [0.2, 0.25) is 0 Å². The van der Waals surface area contributed by atoms with Gasteiger partial charge in [-0.3, -0.25) is 0 Å². The Labute approximate surface area is 262 Å². The van der Waals surface area contributed by atoms with Gasteiger partial charge in [0.1, 0.15) is 11.5 Å². The number of furan rings is 1. The van der Waals surface area contributed by atoms with E-state index in [1.807, 2.05) is 18.2 Å². The van der Waals surface area contributed by atoms with E-state index in [0.717, 1.165) is 66.9 Å². The molecule has 3 aromatic rings. The van der Waals surface area contributed by atoms with Gasteiger partial charge in [-0.15, -0.1) is 0 Å². The van der Waals surface area contributed by atoms with Crippen molar-refractivity contribution in [1.29, 1.82) is 0 Å². The number of rotatable bonds is 20. The molecule has 1 saturated carbocycles. The van der Waals surface area contributed by atoms with E-state index in [0.29, 0.717) is 43.6 Å². The molecule has 1 aliphatic rings. The number of H-pyrrole nitrogens is 1. The predicted octanol–water partition coefficient (Wildman–Crippen LogP) is 5.94. The van der Waals surface area contributed by atoms with Crippen molar-refractivity contribution in [1.82, 2.24) is 10.3 Å². The highest BCUT2D eigenvalue weighted by atomic mass is 16.5. The smallest absolute Gasteiger partial charge is 0.161 e. The van der Waals surface area contributed by atoms with E-state index < -0.39 is 6.10 Å². The maximum absolute atomic E-state index is 10.5. The first-order valence-electron chi connectivity index (χ1n) is 16.8. The number of nitrogens with one attached hydrogen (secondary N) is 2. The molecule has 244 valence electrons. The summed E-state index contributed by atoms with van der Waals surface area (Å²) < 4.78 is 12.1. The highest BCUT2D eigenvalue weighted by molar-refractivity contribution is 5.42. The summed E-state index contributed by atoms with van der Waals surface area (Å²) in [5.74, 6) is 3.26. The van der Waals surface area contributed by atoms with Crippen LogP contribution in [-0.4, -0.2) is 57.3 Å². The number of unbranched alkanes of at least 4 members (excludes halogenated alkanes) is 1. The summed E-state index contributed by atoms with van der Waals surface area (Å²) in [6.07, 6.45) is 13.3. The lowest BCUT2D eigenvalue weighted by Crippen LogP contribution is -2.41. The Morgan fingerprint density at radius 1 is 1.05 bits per heavy atom. The van der Waals surface area contributed by atoms with Crippen molar-refractivity contribution in [2.24, 2.45) is 5.92 Å². The van der Waals surface area contributed by atoms with Crippen LogP contribution in [-0.2, 0) is 32.3 Å². The number of benzene rings is 1. The Balaban J connectivity index is 1.36. The van der Waals surface area contributed by atoms with Crippen molar-refractivity contribution in [3.8, 4) is 11.5 Å². The normalized spacial score (nSPS) is 15.9. The average Bonchev–Trinajstić information content (AvgIpc) is 3.79.